The van der Waals surface area contributed by atoms with Crippen molar-refractivity contribution in [1.29, 1.82) is 0 Å². The third-order valence-electron chi connectivity index (χ3n) is 3.71. The van der Waals surface area contributed by atoms with Crippen molar-refractivity contribution < 1.29 is 9.53 Å². The van der Waals surface area contributed by atoms with Gasteiger partial charge in [-0.05, 0) is 13.5 Å². The highest BCUT2D eigenvalue weighted by Gasteiger charge is 2.33. The van der Waals surface area contributed by atoms with Crippen molar-refractivity contribution in [1.82, 2.24) is 15.1 Å². The Morgan fingerprint density at radius 1 is 1.29 bits per heavy atom. The highest BCUT2D eigenvalue weighted by molar-refractivity contribution is 5.77. The molecule has 1 amide bonds. The molecule has 0 spiro atoms. The van der Waals surface area contributed by atoms with Crippen LogP contribution in [0.25, 0.3) is 0 Å². The summed E-state index contributed by atoms with van der Waals surface area (Å²) in [5, 5.41) is 3.16. The molecule has 2 aliphatic heterocycles. The van der Waals surface area contributed by atoms with Gasteiger partial charge in [-0.1, -0.05) is 6.92 Å². The Kier molecular flexibility index (Phi) is 4.01. The Morgan fingerprint density at radius 3 is 2.41 bits per heavy atom. The summed E-state index contributed by atoms with van der Waals surface area (Å²) in [7, 11) is 0. The van der Waals surface area contributed by atoms with E-state index in [2.05, 4.69) is 17.1 Å². The van der Waals surface area contributed by atoms with Crippen molar-refractivity contribution in [3.05, 3.63) is 0 Å². The first-order chi connectivity index (χ1) is 8.13. The Bertz CT molecular complexity index is 271. The molecule has 1 N–H and O–H groups in total. The van der Waals surface area contributed by atoms with Crippen LogP contribution in [0.2, 0.25) is 0 Å². The van der Waals surface area contributed by atoms with Crippen molar-refractivity contribution in [2.24, 2.45) is 0 Å². The number of ether oxygens (including phenoxy) is 1. The molecule has 5 heteroatoms. The number of nitrogens with zero attached hydrogens (tertiary/aromatic N) is 2. The van der Waals surface area contributed by atoms with Crippen LogP contribution in [0.4, 0.5) is 0 Å². The molecule has 0 aromatic heterocycles. The van der Waals surface area contributed by atoms with E-state index in [1.54, 1.807) is 0 Å². The molecule has 2 aliphatic rings. The maximum atomic E-state index is 11.9. The first-order valence-electron chi connectivity index (χ1n) is 6.48. The Morgan fingerprint density at radius 2 is 1.94 bits per heavy atom. The monoisotopic (exact) mass is 241 g/mol. The maximum absolute atomic E-state index is 11.9. The van der Waals surface area contributed by atoms with E-state index in [9.17, 15) is 4.79 Å². The molecule has 2 fully saturated rings. The molecule has 0 aromatic rings. The summed E-state index contributed by atoms with van der Waals surface area (Å²) in [6.07, 6.45) is 0. The van der Waals surface area contributed by atoms with Crippen LogP contribution in [0, 0.1) is 0 Å². The van der Waals surface area contributed by atoms with Crippen LogP contribution >= 0.6 is 0 Å². The topological polar surface area (TPSA) is 44.8 Å². The van der Waals surface area contributed by atoms with Crippen LogP contribution < -0.4 is 5.32 Å². The van der Waals surface area contributed by atoms with Gasteiger partial charge in [0, 0.05) is 39.3 Å². The normalized spacial score (nSPS) is 24.5. The first-order valence-corrected chi connectivity index (χ1v) is 6.48. The summed E-state index contributed by atoms with van der Waals surface area (Å²) in [6, 6.07) is 0. The summed E-state index contributed by atoms with van der Waals surface area (Å²) < 4.78 is 5.67. The summed E-state index contributed by atoms with van der Waals surface area (Å²) >= 11 is 0. The fourth-order valence-electron chi connectivity index (χ4n) is 2.22. The summed E-state index contributed by atoms with van der Waals surface area (Å²) in [5.74, 6) is 0.133. The van der Waals surface area contributed by atoms with Crippen LogP contribution in [-0.2, 0) is 9.53 Å². The number of likely N-dealkylation sites (N-methyl/N-ethyl adjacent to an activating group) is 1. The van der Waals surface area contributed by atoms with Crippen LogP contribution in [-0.4, -0.2) is 73.7 Å². The minimum absolute atomic E-state index is 0.124. The van der Waals surface area contributed by atoms with E-state index in [0.29, 0.717) is 0 Å². The molecule has 2 rings (SSSR count). The maximum Gasteiger partial charge on any atom is 0.248 e. The molecule has 0 unspecified atom stereocenters. The van der Waals surface area contributed by atoms with Crippen molar-refractivity contribution in [3.8, 4) is 0 Å². The van der Waals surface area contributed by atoms with E-state index in [4.69, 9.17) is 4.74 Å². The van der Waals surface area contributed by atoms with Crippen LogP contribution in [0.5, 0.6) is 0 Å². The third kappa shape index (κ3) is 3.18. The average Bonchev–Trinajstić information content (AvgIpc) is 2.33. The smallest absolute Gasteiger partial charge is 0.248 e. The molecule has 0 atom stereocenters. The van der Waals surface area contributed by atoms with E-state index >= 15 is 0 Å². The number of rotatable bonds is 4. The number of carbonyl (C=O) groups excluding carboxylic acids is 1. The fourth-order valence-corrected chi connectivity index (χ4v) is 2.22. The molecule has 0 saturated carbocycles. The second-order valence-corrected chi connectivity index (χ2v) is 5.16. The Labute approximate surface area is 103 Å². The number of nitrogens with one attached hydrogen (secondary N) is 1. The minimum Gasteiger partial charge on any atom is -0.363 e. The lowest BCUT2D eigenvalue weighted by molar-refractivity contribution is -0.147. The quantitative estimate of drug-likeness (QED) is 0.723. The van der Waals surface area contributed by atoms with Crippen molar-refractivity contribution >= 4 is 5.91 Å². The molecule has 0 bridgehead atoms. The lowest BCUT2D eigenvalue weighted by atomic mass is 10.0. The van der Waals surface area contributed by atoms with Gasteiger partial charge in [-0.3, -0.25) is 4.79 Å². The fraction of sp³-hybridized carbons (Fsp3) is 0.917. The van der Waals surface area contributed by atoms with Gasteiger partial charge in [0.1, 0.15) is 6.61 Å². The number of amides is 1. The van der Waals surface area contributed by atoms with Gasteiger partial charge in [0.05, 0.1) is 5.60 Å². The number of piperazine rings is 1. The van der Waals surface area contributed by atoms with E-state index in [1.807, 2.05) is 11.8 Å². The number of hydrogen-bond acceptors (Lipinski definition) is 4. The first kappa shape index (κ1) is 12.8. The van der Waals surface area contributed by atoms with Crippen molar-refractivity contribution in [3.63, 3.8) is 0 Å². The highest BCUT2D eigenvalue weighted by Crippen LogP contribution is 2.15. The summed E-state index contributed by atoms with van der Waals surface area (Å²) in [6.45, 7) is 10.9. The Balaban J connectivity index is 1.69. The molecular weight excluding hydrogens is 218 g/mol. The number of carbonyl (C=O) groups is 1. The third-order valence-corrected chi connectivity index (χ3v) is 3.71. The molecule has 2 saturated heterocycles. The van der Waals surface area contributed by atoms with E-state index in [0.717, 1.165) is 45.8 Å². The van der Waals surface area contributed by atoms with Gasteiger partial charge < -0.3 is 19.9 Å². The van der Waals surface area contributed by atoms with Crippen molar-refractivity contribution in [2.45, 2.75) is 19.4 Å². The van der Waals surface area contributed by atoms with Gasteiger partial charge in [-0.2, -0.15) is 0 Å². The van der Waals surface area contributed by atoms with E-state index in [-0.39, 0.29) is 18.1 Å². The van der Waals surface area contributed by atoms with Gasteiger partial charge >= 0.3 is 0 Å². The molecule has 0 aromatic carbocycles. The molecule has 0 aliphatic carbocycles. The molecule has 98 valence electrons. The van der Waals surface area contributed by atoms with E-state index in [1.165, 1.54) is 0 Å². The van der Waals surface area contributed by atoms with Crippen molar-refractivity contribution in [2.75, 3.05) is 52.4 Å². The number of hydrogen-bond donors (Lipinski definition) is 1. The average molecular weight is 241 g/mol. The lowest BCUT2D eigenvalue weighted by Gasteiger charge is -2.40. The van der Waals surface area contributed by atoms with Crippen LogP contribution in [0.1, 0.15) is 13.8 Å². The van der Waals surface area contributed by atoms with Gasteiger partial charge in [-0.25, -0.2) is 0 Å². The molecule has 17 heavy (non-hydrogen) atoms. The van der Waals surface area contributed by atoms with E-state index < -0.39 is 0 Å². The zero-order chi connectivity index (χ0) is 12.3. The van der Waals surface area contributed by atoms with Gasteiger partial charge in [0.2, 0.25) is 5.91 Å². The Hall–Kier alpha value is -0.650. The minimum atomic E-state index is -0.124. The van der Waals surface area contributed by atoms with Gasteiger partial charge in [0.25, 0.3) is 0 Å². The predicted octanol–water partition coefficient (Wildman–Crippen LogP) is -0.471. The van der Waals surface area contributed by atoms with Gasteiger partial charge in [-0.15, -0.1) is 0 Å². The predicted molar refractivity (Wildman–Crippen MR) is 65.9 cm³/mol. The molecule has 0 radical (unpaired) electrons. The second-order valence-electron chi connectivity index (χ2n) is 5.16. The SMILES string of the molecule is CCN1CCN(C(=O)COC2(C)CNC2)CC1. The second kappa shape index (κ2) is 5.33. The van der Waals surface area contributed by atoms with Gasteiger partial charge in [0.15, 0.2) is 0 Å². The lowest BCUT2D eigenvalue weighted by Crippen LogP contribution is -2.60. The van der Waals surface area contributed by atoms with Crippen LogP contribution in [0.15, 0.2) is 0 Å². The molecule has 5 nitrogen and oxygen atoms in total. The van der Waals surface area contributed by atoms with Crippen LogP contribution in [0.3, 0.4) is 0 Å². The summed E-state index contributed by atoms with van der Waals surface area (Å²) in [4.78, 5) is 16.2. The molecule has 2 heterocycles. The zero-order valence-electron chi connectivity index (χ0n) is 10.9. The largest absolute Gasteiger partial charge is 0.363 e. The molecular formula is C12H23N3O2. The standard InChI is InChI=1S/C12H23N3O2/c1-3-14-4-6-15(7-5-14)11(16)8-17-12(2)9-13-10-12/h13H,3-10H2,1-2H3. The zero-order valence-corrected chi connectivity index (χ0v) is 10.9. The highest BCUT2D eigenvalue weighted by atomic mass is 16.5. The summed E-state index contributed by atoms with van der Waals surface area (Å²) in [5.41, 5.74) is -0.124.